The number of pyridine rings is 1. The van der Waals surface area contributed by atoms with Crippen LogP contribution in [0.25, 0.3) is 0 Å². The van der Waals surface area contributed by atoms with E-state index < -0.39 is 0 Å². The summed E-state index contributed by atoms with van der Waals surface area (Å²) in [5.74, 6) is 3.09. The molecule has 0 bridgehead atoms. The number of rotatable bonds is 4. The number of carbonyl (C=O) groups excluding carboxylic acids is 1. The van der Waals surface area contributed by atoms with Gasteiger partial charge in [-0.2, -0.15) is 11.8 Å². The van der Waals surface area contributed by atoms with Gasteiger partial charge in [-0.05, 0) is 20.9 Å². The first kappa shape index (κ1) is 15.3. The molecule has 0 N–H and O–H groups in total. The van der Waals surface area contributed by atoms with E-state index in [-0.39, 0.29) is 11.8 Å². The van der Waals surface area contributed by atoms with E-state index in [4.69, 9.17) is 4.74 Å². The number of hydrogen-bond acceptors (Lipinski definition) is 5. The summed E-state index contributed by atoms with van der Waals surface area (Å²) < 4.78 is 5.40. The zero-order valence-corrected chi connectivity index (χ0v) is 13.4. The molecule has 0 saturated carbocycles. The molecular weight excluding hydrogens is 272 g/mol. The lowest BCUT2D eigenvalue weighted by molar-refractivity contribution is -0.122. The number of ketones is 1. The maximum absolute atomic E-state index is 12.5. The summed E-state index contributed by atoms with van der Waals surface area (Å²) in [4.78, 5) is 19.1. The molecule has 1 aromatic heterocycles. The van der Waals surface area contributed by atoms with Crippen molar-refractivity contribution in [3.63, 3.8) is 0 Å². The summed E-state index contributed by atoms with van der Waals surface area (Å²) in [6, 6.07) is 0.0160. The van der Waals surface area contributed by atoms with Crippen molar-refractivity contribution in [3.8, 4) is 5.75 Å². The summed E-state index contributed by atoms with van der Waals surface area (Å²) in [6.45, 7) is 4.92. The van der Waals surface area contributed by atoms with Gasteiger partial charge in [0.2, 0.25) is 0 Å². The van der Waals surface area contributed by atoms with Crippen LogP contribution in [0.5, 0.6) is 5.75 Å². The molecule has 0 aliphatic carbocycles. The van der Waals surface area contributed by atoms with E-state index >= 15 is 0 Å². The van der Waals surface area contributed by atoms with Crippen molar-refractivity contribution in [2.45, 2.75) is 26.3 Å². The van der Waals surface area contributed by atoms with Crippen molar-refractivity contribution in [3.05, 3.63) is 23.0 Å². The third-order valence-electron chi connectivity index (χ3n) is 3.86. The fourth-order valence-corrected chi connectivity index (χ4v) is 3.80. The Bertz CT molecular complexity index is 505. The van der Waals surface area contributed by atoms with Crippen LogP contribution in [0.1, 0.15) is 16.8 Å². The topological polar surface area (TPSA) is 42.4 Å². The van der Waals surface area contributed by atoms with Crippen molar-refractivity contribution in [1.29, 1.82) is 0 Å². The quantitative estimate of drug-likeness (QED) is 0.848. The fourth-order valence-electron chi connectivity index (χ4n) is 2.56. The van der Waals surface area contributed by atoms with Crippen LogP contribution in [0.3, 0.4) is 0 Å². The minimum Gasteiger partial charge on any atom is -0.496 e. The highest BCUT2D eigenvalue weighted by Crippen LogP contribution is 2.25. The molecule has 1 unspecified atom stereocenters. The lowest BCUT2D eigenvalue weighted by Gasteiger charge is -2.30. The Morgan fingerprint density at radius 1 is 1.55 bits per heavy atom. The minimum atomic E-state index is 0.0160. The lowest BCUT2D eigenvalue weighted by atomic mass is 10.0. The van der Waals surface area contributed by atoms with Crippen LogP contribution >= 0.6 is 11.8 Å². The highest BCUT2D eigenvalue weighted by molar-refractivity contribution is 7.99. The molecule has 1 saturated heterocycles. The Morgan fingerprint density at radius 3 is 2.95 bits per heavy atom. The van der Waals surface area contributed by atoms with E-state index in [1.165, 1.54) is 0 Å². The van der Waals surface area contributed by atoms with Crippen LogP contribution in [0.4, 0.5) is 0 Å². The van der Waals surface area contributed by atoms with E-state index in [1.807, 2.05) is 32.7 Å². The van der Waals surface area contributed by atoms with Gasteiger partial charge in [-0.25, -0.2) is 0 Å². The minimum absolute atomic E-state index is 0.0160. The molecule has 20 heavy (non-hydrogen) atoms. The van der Waals surface area contributed by atoms with Gasteiger partial charge in [0.05, 0.1) is 25.3 Å². The third kappa shape index (κ3) is 3.15. The molecule has 2 heterocycles. The van der Waals surface area contributed by atoms with Crippen LogP contribution in [0.2, 0.25) is 0 Å². The Kier molecular flexibility index (Phi) is 5.05. The van der Waals surface area contributed by atoms with Crippen LogP contribution in [0.15, 0.2) is 6.20 Å². The molecule has 110 valence electrons. The normalized spacial score (nSPS) is 19.9. The van der Waals surface area contributed by atoms with E-state index in [1.54, 1.807) is 13.3 Å². The number of aryl methyl sites for hydroxylation is 1. The molecule has 1 aliphatic rings. The molecule has 1 aromatic rings. The maximum Gasteiger partial charge on any atom is 0.156 e. The number of ether oxygens (including phenoxy) is 1. The van der Waals surface area contributed by atoms with Gasteiger partial charge >= 0.3 is 0 Å². The van der Waals surface area contributed by atoms with Crippen LogP contribution in [0, 0.1) is 13.8 Å². The van der Waals surface area contributed by atoms with Crippen LogP contribution in [-0.2, 0) is 11.2 Å². The van der Waals surface area contributed by atoms with E-state index in [0.29, 0.717) is 6.42 Å². The second-order valence-electron chi connectivity index (χ2n) is 5.26. The van der Waals surface area contributed by atoms with Crippen molar-refractivity contribution >= 4 is 17.5 Å². The van der Waals surface area contributed by atoms with Crippen molar-refractivity contribution in [2.75, 3.05) is 32.2 Å². The van der Waals surface area contributed by atoms with Gasteiger partial charge in [0, 0.05) is 35.4 Å². The molecular formula is C15H22N2O2S. The Labute approximate surface area is 124 Å². The highest BCUT2D eigenvalue weighted by Gasteiger charge is 2.27. The summed E-state index contributed by atoms with van der Waals surface area (Å²) >= 11 is 1.85. The number of likely N-dealkylation sites (N-methyl/N-ethyl adjacent to an activating group) is 1. The molecule has 0 spiro atoms. The third-order valence-corrected chi connectivity index (χ3v) is 4.88. The number of nitrogens with zero attached hydrogens (tertiary/aromatic N) is 2. The number of Topliss-reactive ketones (excluding diaryl/α,β-unsaturated/α-hetero) is 1. The van der Waals surface area contributed by atoms with E-state index in [0.717, 1.165) is 40.6 Å². The molecule has 5 heteroatoms. The predicted octanol–water partition coefficient (Wildman–Crippen LogP) is 1.87. The molecule has 0 aromatic carbocycles. The summed E-state index contributed by atoms with van der Waals surface area (Å²) in [7, 11) is 3.69. The van der Waals surface area contributed by atoms with Crippen molar-refractivity contribution in [1.82, 2.24) is 9.88 Å². The van der Waals surface area contributed by atoms with Gasteiger partial charge in [0.15, 0.2) is 5.78 Å². The second-order valence-corrected chi connectivity index (χ2v) is 6.41. The molecule has 4 nitrogen and oxygen atoms in total. The molecule has 1 atom stereocenters. The summed E-state index contributed by atoms with van der Waals surface area (Å²) in [6.07, 6.45) is 2.17. The molecule has 0 amide bonds. The standard InChI is InChI=1S/C15H22N2O2S/c1-10-8-16-12(11(2)15(10)19-4)7-14(18)13-9-20-6-5-17(13)3/h8,13H,5-7,9H2,1-4H3. The van der Waals surface area contributed by atoms with E-state index in [9.17, 15) is 4.79 Å². The molecule has 1 fully saturated rings. The van der Waals surface area contributed by atoms with Gasteiger partial charge in [0.1, 0.15) is 5.75 Å². The van der Waals surface area contributed by atoms with Gasteiger partial charge in [-0.3, -0.25) is 14.7 Å². The summed E-state index contributed by atoms with van der Waals surface area (Å²) in [5, 5.41) is 0. The predicted molar refractivity (Wildman–Crippen MR) is 82.7 cm³/mol. The first-order valence-electron chi connectivity index (χ1n) is 6.84. The van der Waals surface area contributed by atoms with Gasteiger partial charge in [0.25, 0.3) is 0 Å². The first-order valence-corrected chi connectivity index (χ1v) is 7.99. The number of hydrogen-bond donors (Lipinski definition) is 0. The first-order chi connectivity index (χ1) is 9.54. The lowest BCUT2D eigenvalue weighted by Crippen LogP contribution is -2.45. The fraction of sp³-hybridized carbons (Fsp3) is 0.600. The maximum atomic E-state index is 12.5. The van der Waals surface area contributed by atoms with E-state index in [2.05, 4.69) is 9.88 Å². The number of methoxy groups -OCH3 is 1. The molecule has 1 aliphatic heterocycles. The van der Waals surface area contributed by atoms with Gasteiger partial charge < -0.3 is 4.74 Å². The Hall–Kier alpha value is -1.07. The Balaban J connectivity index is 2.15. The number of thioether (sulfide) groups is 1. The van der Waals surface area contributed by atoms with Gasteiger partial charge in [-0.15, -0.1) is 0 Å². The zero-order chi connectivity index (χ0) is 14.7. The van der Waals surface area contributed by atoms with Crippen molar-refractivity contribution < 1.29 is 9.53 Å². The highest BCUT2D eigenvalue weighted by atomic mass is 32.2. The number of aromatic nitrogens is 1. The monoisotopic (exact) mass is 294 g/mol. The zero-order valence-electron chi connectivity index (χ0n) is 12.6. The van der Waals surface area contributed by atoms with Crippen LogP contribution < -0.4 is 4.74 Å². The average molecular weight is 294 g/mol. The summed E-state index contributed by atoms with van der Waals surface area (Å²) in [5.41, 5.74) is 2.82. The largest absolute Gasteiger partial charge is 0.496 e. The van der Waals surface area contributed by atoms with Crippen molar-refractivity contribution in [2.24, 2.45) is 0 Å². The molecule has 2 rings (SSSR count). The second kappa shape index (κ2) is 6.59. The number of carbonyl (C=O) groups is 1. The SMILES string of the molecule is COc1c(C)cnc(CC(=O)C2CSCCN2C)c1C. The smallest absolute Gasteiger partial charge is 0.156 e. The molecule has 0 radical (unpaired) electrons. The average Bonchev–Trinajstić information content (AvgIpc) is 2.43. The van der Waals surface area contributed by atoms with Crippen LogP contribution in [-0.4, -0.2) is 53.9 Å². The van der Waals surface area contributed by atoms with Gasteiger partial charge in [-0.1, -0.05) is 0 Å². The Morgan fingerprint density at radius 2 is 2.30 bits per heavy atom.